The molecule has 1 aromatic rings. The van der Waals surface area contributed by atoms with E-state index in [0.29, 0.717) is 25.4 Å². The van der Waals surface area contributed by atoms with Crippen LogP contribution in [0.1, 0.15) is 19.8 Å². The van der Waals surface area contributed by atoms with Crippen molar-refractivity contribution in [1.82, 2.24) is 5.32 Å². The van der Waals surface area contributed by atoms with Crippen LogP contribution in [0.3, 0.4) is 0 Å². The Morgan fingerprint density at radius 2 is 1.84 bits per heavy atom. The third kappa shape index (κ3) is 4.11. The molecule has 0 aromatic heterocycles. The Balaban J connectivity index is 1.65. The van der Waals surface area contributed by atoms with E-state index in [0.717, 1.165) is 30.9 Å². The number of methoxy groups -OCH3 is 1. The van der Waals surface area contributed by atoms with Crippen LogP contribution in [0.5, 0.6) is 11.5 Å². The van der Waals surface area contributed by atoms with Gasteiger partial charge in [-0.25, -0.2) is 0 Å². The Bertz CT molecular complexity index is 377. The number of rotatable bonds is 8. The Morgan fingerprint density at radius 1 is 1.16 bits per heavy atom. The van der Waals surface area contributed by atoms with Crippen LogP contribution in [0.25, 0.3) is 0 Å². The highest BCUT2D eigenvalue weighted by Crippen LogP contribution is 2.26. The maximum Gasteiger partial charge on any atom is 0.161 e. The predicted octanol–water partition coefficient (Wildman–Crippen LogP) is 2.23. The Morgan fingerprint density at radius 3 is 2.47 bits per heavy atom. The SMILES string of the molecule is CCOc1ccccc1OCCNC1CC(OC)C1. The predicted molar refractivity (Wildman–Crippen MR) is 74.9 cm³/mol. The Hall–Kier alpha value is -1.26. The zero-order chi connectivity index (χ0) is 13.5. The summed E-state index contributed by atoms with van der Waals surface area (Å²) in [4.78, 5) is 0. The molecule has 106 valence electrons. The number of nitrogens with one attached hydrogen (secondary N) is 1. The first-order chi connectivity index (χ1) is 9.33. The van der Waals surface area contributed by atoms with Gasteiger partial charge < -0.3 is 19.5 Å². The monoisotopic (exact) mass is 265 g/mol. The number of hydrogen-bond acceptors (Lipinski definition) is 4. The van der Waals surface area contributed by atoms with Crippen LogP contribution < -0.4 is 14.8 Å². The molecule has 1 aromatic carbocycles. The molecule has 0 bridgehead atoms. The summed E-state index contributed by atoms with van der Waals surface area (Å²) in [5.74, 6) is 1.63. The first-order valence-corrected chi connectivity index (χ1v) is 6.94. The summed E-state index contributed by atoms with van der Waals surface area (Å²) in [5, 5.41) is 3.46. The Labute approximate surface area is 115 Å². The first kappa shape index (κ1) is 14.2. The van der Waals surface area contributed by atoms with E-state index in [2.05, 4.69) is 5.32 Å². The van der Waals surface area contributed by atoms with Gasteiger partial charge in [-0.1, -0.05) is 12.1 Å². The summed E-state index contributed by atoms with van der Waals surface area (Å²) >= 11 is 0. The lowest BCUT2D eigenvalue weighted by Gasteiger charge is -2.34. The highest BCUT2D eigenvalue weighted by Gasteiger charge is 2.28. The van der Waals surface area contributed by atoms with Crippen molar-refractivity contribution in [2.24, 2.45) is 0 Å². The largest absolute Gasteiger partial charge is 0.490 e. The molecule has 1 fully saturated rings. The van der Waals surface area contributed by atoms with Crippen LogP contribution in [-0.4, -0.2) is 39.0 Å². The van der Waals surface area contributed by atoms with Crippen molar-refractivity contribution in [2.75, 3.05) is 26.9 Å². The van der Waals surface area contributed by atoms with Gasteiger partial charge in [0.2, 0.25) is 0 Å². The quantitative estimate of drug-likeness (QED) is 0.732. The average molecular weight is 265 g/mol. The summed E-state index contributed by atoms with van der Waals surface area (Å²) in [6, 6.07) is 8.36. The molecule has 1 aliphatic rings. The van der Waals surface area contributed by atoms with Gasteiger partial charge in [0.15, 0.2) is 11.5 Å². The van der Waals surface area contributed by atoms with Crippen molar-refractivity contribution < 1.29 is 14.2 Å². The number of hydrogen-bond donors (Lipinski definition) is 1. The molecule has 2 rings (SSSR count). The third-order valence-corrected chi connectivity index (χ3v) is 3.37. The minimum absolute atomic E-state index is 0.442. The minimum atomic E-state index is 0.442. The van der Waals surface area contributed by atoms with E-state index in [-0.39, 0.29) is 0 Å². The average Bonchev–Trinajstić information content (AvgIpc) is 2.38. The summed E-state index contributed by atoms with van der Waals surface area (Å²) in [6.07, 6.45) is 2.65. The van der Waals surface area contributed by atoms with Crippen LogP contribution in [0.4, 0.5) is 0 Å². The van der Waals surface area contributed by atoms with Gasteiger partial charge in [-0.3, -0.25) is 0 Å². The number of para-hydroxylation sites is 2. The van der Waals surface area contributed by atoms with Gasteiger partial charge in [-0.05, 0) is 31.9 Å². The fourth-order valence-electron chi connectivity index (χ4n) is 2.19. The zero-order valence-corrected chi connectivity index (χ0v) is 11.7. The van der Waals surface area contributed by atoms with Gasteiger partial charge in [-0.15, -0.1) is 0 Å². The molecule has 0 aliphatic heterocycles. The highest BCUT2D eigenvalue weighted by molar-refractivity contribution is 5.39. The maximum absolute atomic E-state index is 5.74. The van der Waals surface area contributed by atoms with E-state index in [1.165, 1.54) is 0 Å². The van der Waals surface area contributed by atoms with E-state index < -0.39 is 0 Å². The lowest BCUT2D eigenvalue weighted by molar-refractivity contribution is 0.0167. The van der Waals surface area contributed by atoms with Gasteiger partial charge in [0, 0.05) is 19.7 Å². The van der Waals surface area contributed by atoms with Crippen molar-refractivity contribution in [3.8, 4) is 11.5 Å². The van der Waals surface area contributed by atoms with Crippen molar-refractivity contribution >= 4 is 0 Å². The van der Waals surface area contributed by atoms with Crippen LogP contribution in [0.15, 0.2) is 24.3 Å². The van der Waals surface area contributed by atoms with Gasteiger partial charge in [0.25, 0.3) is 0 Å². The van der Waals surface area contributed by atoms with E-state index in [1.54, 1.807) is 7.11 Å². The second-order valence-corrected chi connectivity index (χ2v) is 4.71. The molecule has 19 heavy (non-hydrogen) atoms. The van der Waals surface area contributed by atoms with E-state index in [9.17, 15) is 0 Å². The van der Waals surface area contributed by atoms with E-state index in [1.807, 2.05) is 31.2 Å². The second kappa shape index (κ2) is 7.36. The summed E-state index contributed by atoms with van der Waals surface area (Å²) in [5.41, 5.74) is 0. The van der Waals surface area contributed by atoms with Crippen molar-refractivity contribution in [2.45, 2.75) is 31.9 Å². The first-order valence-electron chi connectivity index (χ1n) is 6.94. The minimum Gasteiger partial charge on any atom is -0.490 e. The van der Waals surface area contributed by atoms with E-state index >= 15 is 0 Å². The fraction of sp³-hybridized carbons (Fsp3) is 0.600. The van der Waals surface area contributed by atoms with Crippen molar-refractivity contribution in [1.29, 1.82) is 0 Å². The number of ether oxygens (including phenoxy) is 3. The van der Waals surface area contributed by atoms with Crippen LogP contribution in [0, 0.1) is 0 Å². The molecule has 0 heterocycles. The Kier molecular flexibility index (Phi) is 5.48. The van der Waals surface area contributed by atoms with Gasteiger partial charge in [0.1, 0.15) is 6.61 Å². The van der Waals surface area contributed by atoms with Crippen molar-refractivity contribution in [3.05, 3.63) is 24.3 Å². The smallest absolute Gasteiger partial charge is 0.161 e. The van der Waals surface area contributed by atoms with Crippen LogP contribution >= 0.6 is 0 Å². The second-order valence-electron chi connectivity index (χ2n) is 4.71. The van der Waals surface area contributed by atoms with Gasteiger partial charge in [-0.2, -0.15) is 0 Å². The fourth-order valence-corrected chi connectivity index (χ4v) is 2.19. The molecule has 1 aliphatic carbocycles. The molecule has 0 amide bonds. The van der Waals surface area contributed by atoms with Crippen LogP contribution in [-0.2, 0) is 4.74 Å². The normalized spacial score (nSPS) is 21.8. The van der Waals surface area contributed by atoms with Crippen molar-refractivity contribution in [3.63, 3.8) is 0 Å². The summed E-state index contributed by atoms with van der Waals surface area (Å²) in [6.45, 7) is 4.13. The molecule has 4 heteroatoms. The van der Waals surface area contributed by atoms with Gasteiger partial charge >= 0.3 is 0 Å². The van der Waals surface area contributed by atoms with Gasteiger partial charge in [0.05, 0.1) is 12.7 Å². The molecule has 0 atom stereocenters. The number of benzene rings is 1. The molecule has 0 spiro atoms. The lowest BCUT2D eigenvalue weighted by Crippen LogP contribution is -2.46. The standard InChI is InChI=1S/C15H23NO3/c1-3-18-14-6-4-5-7-15(14)19-9-8-16-12-10-13(11-12)17-2/h4-7,12-13,16H,3,8-11H2,1-2H3. The lowest BCUT2D eigenvalue weighted by atomic mass is 9.89. The highest BCUT2D eigenvalue weighted by atomic mass is 16.5. The molecule has 4 nitrogen and oxygen atoms in total. The van der Waals surface area contributed by atoms with E-state index in [4.69, 9.17) is 14.2 Å². The third-order valence-electron chi connectivity index (χ3n) is 3.37. The zero-order valence-electron chi connectivity index (χ0n) is 11.7. The summed E-state index contributed by atoms with van der Waals surface area (Å²) in [7, 11) is 1.77. The maximum atomic E-state index is 5.74. The molecule has 0 unspecified atom stereocenters. The molecular formula is C15H23NO3. The molecule has 1 N–H and O–H groups in total. The summed E-state index contributed by atoms with van der Waals surface area (Å²) < 4.78 is 16.5. The molecule has 1 saturated carbocycles. The molecule has 0 saturated heterocycles. The van der Waals surface area contributed by atoms with Crippen LogP contribution in [0.2, 0.25) is 0 Å². The molecular weight excluding hydrogens is 242 g/mol. The molecule has 0 radical (unpaired) electrons. The topological polar surface area (TPSA) is 39.7 Å².